The van der Waals surface area contributed by atoms with E-state index in [9.17, 15) is 0 Å². The zero-order valence-corrected chi connectivity index (χ0v) is 13.0. The topological polar surface area (TPSA) is 30.5 Å². The Labute approximate surface area is 121 Å². The smallest absolute Gasteiger partial charge is 0.137 e. The summed E-state index contributed by atoms with van der Waals surface area (Å²) < 4.78 is 11.1. The summed E-state index contributed by atoms with van der Waals surface area (Å²) in [5.74, 6) is 0.702. The van der Waals surface area contributed by atoms with Crippen LogP contribution in [0, 0.1) is 0 Å². The van der Waals surface area contributed by atoms with Crippen LogP contribution in [0.5, 0.6) is 5.75 Å². The molecule has 1 N–H and O–H groups in total. The minimum Gasteiger partial charge on any atom is -0.495 e. The van der Waals surface area contributed by atoms with E-state index in [2.05, 4.69) is 19.2 Å². The highest BCUT2D eigenvalue weighted by atomic mass is 35.5. The largest absolute Gasteiger partial charge is 0.495 e. The second-order valence-electron chi connectivity index (χ2n) is 4.33. The zero-order valence-electron chi connectivity index (χ0n) is 12.2. The van der Waals surface area contributed by atoms with Crippen LogP contribution in [0.25, 0.3) is 0 Å². The van der Waals surface area contributed by atoms with Crippen LogP contribution in [0.15, 0.2) is 18.2 Å². The first kappa shape index (κ1) is 16.3. The van der Waals surface area contributed by atoms with E-state index in [1.165, 1.54) is 0 Å². The second kappa shape index (κ2) is 8.41. The first-order valence-corrected chi connectivity index (χ1v) is 7.24. The van der Waals surface area contributed by atoms with Gasteiger partial charge in [0, 0.05) is 6.61 Å². The van der Waals surface area contributed by atoms with E-state index < -0.39 is 0 Å². The van der Waals surface area contributed by atoms with Crippen molar-refractivity contribution in [3.63, 3.8) is 0 Å². The van der Waals surface area contributed by atoms with Crippen molar-refractivity contribution >= 4 is 11.6 Å². The summed E-state index contributed by atoms with van der Waals surface area (Å²) >= 11 is 6.08. The maximum absolute atomic E-state index is 6.08. The van der Waals surface area contributed by atoms with Gasteiger partial charge in [-0.3, -0.25) is 0 Å². The Kier molecular flexibility index (Phi) is 7.21. The molecule has 1 aromatic carbocycles. The molecule has 0 amide bonds. The number of ether oxygens (including phenoxy) is 2. The lowest BCUT2D eigenvalue weighted by Gasteiger charge is -2.27. The average Bonchev–Trinajstić information content (AvgIpc) is 2.43. The van der Waals surface area contributed by atoms with E-state index in [0.717, 1.165) is 18.5 Å². The van der Waals surface area contributed by atoms with Gasteiger partial charge in [0.05, 0.1) is 24.3 Å². The first-order valence-electron chi connectivity index (χ1n) is 6.86. The number of rotatable bonds is 8. The maximum Gasteiger partial charge on any atom is 0.137 e. The summed E-state index contributed by atoms with van der Waals surface area (Å²) in [5.41, 5.74) is 1.14. The van der Waals surface area contributed by atoms with Crippen LogP contribution in [-0.2, 0) is 4.74 Å². The monoisotopic (exact) mass is 285 g/mol. The lowest BCUT2D eigenvalue weighted by atomic mass is 9.99. The molecule has 0 fully saturated rings. The predicted molar refractivity (Wildman–Crippen MR) is 80.1 cm³/mol. The maximum atomic E-state index is 6.08. The highest BCUT2D eigenvalue weighted by molar-refractivity contribution is 6.32. The Hall–Kier alpha value is -0.770. The van der Waals surface area contributed by atoms with Crippen LogP contribution in [0.2, 0.25) is 5.02 Å². The summed E-state index contributed by atoms with van der Waals surface area (Å²) in [6.07, 6.45) is 1.10. The highest BCUT2D eigenvalue weighted by Gasteiger charge is 2.22. The van der Waals surface area contributed by atoms with Crippen molar-refractivity contribution in [2.45, 2.75) is 39.3 Å². The summed E-state index contributed by atoms with van der Waals surface area (Å²) in [6.45, 7) is 7.86. The molecular weight excluding hydrogens is 262 g/mol. The molecule has 0 saturated carbocycles. The third-order valence-corrected chi connectivity index (χ3v) is 3.43. The summed E-state index contributed by atoms with van der Waals surface area (Å²) in [4.78, 5) is 0. The van der Waals surface area contributed by atoms with Crippen molar-refractivity contribution in [1.82, 2.24) is 5.32 Å². The molecule has 0 aliphatic heterocycles. The first-order chi connectivity index (χ1) is 9.17. The molecule has 0 bridgehead atoms. The lowest BCUT2D eigenvalue weighted by Crippen LogP contribution is -2.33. The normalized spacial score (nSPS) is 14.2. The Morgan fingerprint density at radius 2 is 2.00 bits per heavy atom. The van der Waals surface area contributed by atoms with Gasteiger partial charge >= 0.3 is 0 Å². The number of likely N-dealkylation sites (N-methyl/N-ethyl adjacent to an activating group) is 1. The van der Waals surface area contributed by atoms with Gasteiger partial charge in [0.1, 0.15) is 5.75 Å². The average molecular weight is 286 g/mol. The van der Waals surface area contributed by atoms with Gasteiger partial charge in [-0.1, -0.05) is 31.5 Å². The van der Waals surface area contributed by atoms with Gasteiger partial charge < -0.3 is 14.8 Å². The minimum atomic E-state index is 0.149. The van der Waals surface area contributed by atoms with Crippen LogP contribution in [-0.4, -0.2) is 26.4 Å². The van der Waals surface area contributed by atoms with E-state index >= 15 is 0 Å². The summed E-state index contributed by atoms with van der Waals surface area (Å²) in [6, 6.07) is 6.04. The fourth-order valence-electron chi connectivity index (χ4n) is 2.22. The number of methoxy groups -OCH3 is 1. The SMILES string of the molecule is CCNC(c1ccc(Cl)c(OC)c1)C(CC)OCC. The molecule has 0 aliphatic carbocycles. The van der Waals surface area contributed by atoms with E-state index in [1.54, 1.807) is 7.11 Å². The molecule has 0 aromatic heterocycles. The van der Waals surface area contributed by atoms with Crippen LogP contribution < -0.4 is 10.1 Å². The van der Waals surface area contributed by atoms with Crippen LogP contribution >= 0.6 is 11.6 Å². The van der Waals surface area contributed by atoms with Gasteiger partial charge in [-0.2, -0.15) is 0 Å². The van der Waals surface area contributed by atoms with Gasteiger partial charge in [-0.15, -0.1) is 0 Å². The molecule has 1 rings (SSSR count). The number of hydrogen-bond acceptors (Lipinski definition) is 3. The van der Waals surface area contributed by atoms with Crippen molar-refractivity contribution in [3.05, 3.63) is 28.8 Å². The van der Waals surface area contributed by atoms with E-state index in [0.29, 0.717) is 17.4 Å². The number of halogens is 1. The van der Waals surface area contributed by atoms with Crippen molar-refractivity contribution in [3.8, 4) is 5.75 Å². The van der Waals surface area contributed by atoms with Crippen molar-refractivity contribution < 1.29 is 9.47 Å². The molecule has 0 spiro atoms. The lowest BCUT2D eigenvalue weighted by molar-refractivity contribution is 0.0318. The molecule has 3 nitrogen and oxygen atoms in total. The Bertz CT molecular complexity index is 384. The molecule has 19 heavy (non-hydrogen) atoms. The van der Waals surface area contributed by atoms with Crippen LogP contribution in [0.1, 0.15) is 38.8 Å². The summed E-state index contributed by atoms with van der Waals surface area (Å²) in [5, 5.41) is 4.11. The van der Waals surface area contributed by atoms with Gasteiger partial charge in [0.2, 0.25) is 0 Å². The molecule has 2 unspecified atom stereocenters. The third-order valence-electron chi connectivity index (χ3n) is 3.11. The molecule has 0 radical (unpaired) electrons. The fraction of sp³-hybridized carbons (Fsp3) is 0.600. The standard InChI is InChI=1S/C15H24ClNO2/c1-5-13(19-7-3)15(17-6-2)11-8-9-12(16)14(10-11)18-4/h8-10,13,15,17H,5-7H2,1-4H3. The predicted octanol–water partition coefficient (Wildman–Crippen LogP) is 3.81. The Morgan fingerprint density at radius 3 is 2.53 bits per heavy atom. The molecular formula is C15H24ClNO2. The summed E-state index contributed by atoms with van der Waals surface area (Å²) in [7, 11) is 1.63. The van der Waals surface area contributed by atoms with Gasteiger partial charge in [-0.25, -0.2) is 0 Å². The van der Waals surface area contributed by atoms with Gasteiger partial charge in [-0.05, 0) is 37.6 Å². The second-order valence-corrected chi connectivity index (χ2v) is 4.74. The molecule has 0 aliphatic rings. The minimum absolute atomic E-state index is 0.149. The van der Waals surface area contributed by atoms with E-state index in [4.69, 9.17) is 21.1 Å². The Balaban J connectivity index is 3.03. The molecule has 4 heteroatoms. The molecule has 108 valence electrons. The Morgan fingerprint density at radius 1 is 1.26 bits per heavy atom. The van der Waals surface area contributed by atoms with Crippen LogP contribution in [0.4, 0.5) is 0 Å². The van der Waals surface area contributed by atoms with E-state index in [1.807, 2.05) is 25.1 Å². The van der Waals surface area contributed by atoms with Crippen molar-refractivity contribution in [2.24, 2.45) is 0 Å². The zero-order chi connectivity index (χ0) is 14.3. The highest BCUT2D eigenvalue weighted by Crippen LogP contribution is 2.30. The quantitative estimate of drug-likeness (QED) is 0.788. The molecule has 0 saturated heterocycles. The number of hydrogen-bond donors (Lipinski definition) is 1. The van der Waals surface area contributed by atoms with Crippen molar-refractivity contribution in [2.75, 3.05) is 20.3 Å². The van der Waals surface area contributed by atoms with E-state index in [-0.39, 0.29) is 12.1 Å². The molecule has 0 heterocycles. The van der Waals surface area contributed by atoms with Gasteiger partial charge in [0.15, 0.2) is 0 Å². The van der Waals surface area contributed by atoms with Gasteiger partial charge in [0.25, 0.3) is 0 Å². The van der Waals surface area contributed by atoms with Crippen LogP contribution in [0.3, 0.4) is 0 Å². The number of benzene rings is 1. The number of nitrogens with one attached hydrogen (secondary N) is 1. The fourth-order valence-corrected chi connectivity index (χ4v) is 2.41. The molecule has 1 aromatic rings. The molecule has 2 atom stereocenters. The third kappa shape index (κ3) is 4.37. The van der Waals surface area contributed by atoms with Crippen molar-refractivity contribution in [1.29, 1.82) is 0 Å².